The molecular weight excluding hydrogens is 202 g/mol. The monoisotopic (exact) mass is 213 g/mol. The summed E-state index contributed by atoms with van der Waals surface area (Å²) < 4.78 is 3.63. The summed E-state index contributed by atoms with van der Waals surface area (Å²) in [4.78, 5) is 13.9. The maximum Gasteiger partial charge on any atom is 0.267 e. The second-order valence-corrected chi connectivity index (χ2v) is 4.32. The number of carbonyl (C=O) groups excluding carboxylic acids is 1. The summed E-state index contributed by atoms with van der Waals surface area (Å²) in [6, 6.07) is 0. The Morgan fingerprint density at radius 2 is 2.50 bits per heavy atom. The van der Waals surface area contributed by atoms with Gasteiger partial charge in [0.1, 0.15) is 4.88 Å². The lowest BCUT2D eigenvalue weighted by Gasteiger charge is -2.13. The fourth-order valence-electron chi connectivity index (χ4n) is 1.53. The lowest BCUT2D eigenvalue weighted by molar-refractivity contribution is 0.0769. The van der Waals surface area contributed by atoms with E-state index < -0.39 is 6.10 Å². The molecule has 1 amide bonds. The highest BCUT2D eigenvalue weighted by molar-refractivity contribution is 7.07. The van der Waals surface area contributed by atoms with Crippen LogP contribution in [0.2, 0.25) is 0 Å². The highest BCUT2D eigenvalue weighted by atomic mass is 32.1. The average molecular weight is 213 g/mol. The number of β-amino-alcohol motifs (C(OH)–C–C–N with tert-alkyl or cyclic N) is 1. The largest absolute Gasteiger partial charge is 0.391 e. The zero-order valence-corrected chi connectivity index (χ0v) is 8.57. The molecule has 2 atom stereocenters. The number of nitrogens with zero attached hydrogens (tertiary/aromatic N) is 3. The van der Waals surface area contributed by atoms with Gasteiger partial charge in [-0.2, -0.15) is 0 Å². The van der Waals surface area contributed by atoms with E-state index in [1.54, 1.807) is 4.90 Å². The molecule has 1 aromatic heterocycles. The van der Waals surface area contributed by atoms with Crippen LogP contribution in [-0.4, -0.2) is 44.7 Å². The van der Waals surface area contributed by atoms with E-state index in [9.17, 15) is 9.90 Å². The summed E-state index contributed by atoms with van der Waals surface area (Å²) in [7, 11) is 0. The van der Waals surface area contributed by atoms with E-state index in [0.717, 1.165) is 11.5 Å². The van der Waals surface area contributed by atoms with Crippen LogP contribution in [0.4, 0.5) is 0 Å². The number of aromatic nitrogens is 2. The predicted octanol–water partition coefficient (Wildman–Crippen LogP) is -0.00910. The molecule has 0 aromatic carbocycles. The Morgan fingerprint density at radius 3 is 3.00 bits per heavy atom. The van der Waals surface area contributed by atoms with Gasteiger partial charge in [0.2, 0.25) is 0 Å². The molecule has 6 heteroatoms. The van der Waals surface area contributed by atoms with Gasteiger partial charge in [0.05, 0.1) is 12.3 Å². The van der Waals surface area contributed by atoms with Crippen molar-refractivity contribution in [3.63, 3.8) is 0 Å². The minimum atomic E-state index is -0.403. The quantitative estimate of drug-likeness (QED) is 0.712. The second-order valence-electron chi connectivity index (χ2n) is 3.54. The first-order valence-corrected chi connectivity index (χ1v) is 5.20. The lowest BCUT2D eigenvalue weighted by Crippen LogP contribution is -2.28. The highest BCUT2D eigenvalue weighted by Gasteiger charge is 2.31. The number of hydrogen-bond acceptors (Lipinski definition) is 5. The summed E-state index contributed by atoms with van der Waals surface area (Å²) in [5.74, 6) is 0.0724. The molecule has 1 aliphatic rings. The fourth-order valence-corrected chi connectivity index (χ4v) is 2.02. The number of carbonyl (C=O) groups is 1. The Labute approximate surface area is 85.5 Å². The molecule has 5 nitrogen and oxygen atoms in total. The molecule has 1 saturated heterocycles. The zero-order valence-electron chi connectivity index (χ0n) is 7.75. The molecule has 2 heterocycles. The first-order valence-electron chi connectivity index (χ1n) is 4.43. The standard InChI is InChI=1S/C8H11N3O2S/c1-5-3-11(4-6(5)12)8(13)7-2-9-10-14-7/h2,5-6,12H,3-4H2,1H3. The second kappa shape index (κ2) is 3.62. The molecule has 0 saturated carbocycles. The van der Waals surface area contributed by atoms with Crippen LogP contribution in [0.25, 0.3) is 0 Å². The first-order chi connectivity index (χ1) is 6.68. The molecular formula is C8H11N3O2S. The number of aliphatic hydroxyl groups excluding tert-OH is 1. The highest BCUT2D eigenvalue weighted by Crippen LogP contribution is 2.19. The number of likely N-dealkylation sites (tertiary alicyclic amines) is 1. The van der Waals surface area contributed by atoms with E-state index >= 15 is 0 Å². The van der Waals surface area contributed by atoms with E-state index in [1.807, 2.05) is 6.92 Å². The van der Waals surface area contributed by atoms with E-state index in [0.29, 0.717) is 18.0 Å². The maximum atomic E-state index is 11.7. The molecule has 2 unspecified atom stereocenters. The van der Waals surface area contributed by atoms with Crippen molar-refractivity contribution in [2.45, 2.75) is 13.0 Å². The molecule has 0 aliphatic carbocycles. The average Bonchev–Trinajstić information content (AvgIpc) is 2.76. The first kappa shape index (κ1) is 9.54. The van der Waals surface area contributed by atoms with Crippen molar-refractivity contribution in [3.8, 4) is 0 Å². The molecule has 14 heavy (non-hydrogen) atoms. The smallest absolute Gasteiger partial charge is 0.267 e. The normalized spacial score (nSPS) is 26.9. The minimum absolute atomic E-state index is 0.0802. The SMILES string of the molecule is CC1CN(C(=O)c2cnns2)CC1O. The van der Waals surface area contributed by atoms with Crippen molar-refractivity contribution < 1.29 is 9.90 Å². The number of amides is 1. The van der Waals surface area contributed by atoms with Gasteiger partial charge in [-0.05, 0) is 11.5 Å². The topological polar surface area (TPSA) is 66.3 Å². The van der Waals surface area contributed by atoms with Crippen LogP contribution in [0.5, 0.6) is 0 Å². The third kappa shape index (κ3) is 1.62. The summed E-state index contributed by atoms with van der Waals surface area (Å²) in [5.41, 5.74) is 0. The van der Waals surface area contributed by atoms with Gasteiger partial charge in [-0.25, -0.2) is 0 Å². The number of hydrogen-bond donors (Lipinski definition) is 1. The summed E-state index contributed by atoms with van der Waals surface area (Å²) in [5, 5.41) is 13.1. The van der Waals surface area contributed by atoms with Gasteiger partial charge in [0.25, 0.3) is 5.91 Å². The van der Waals surface area contributed by atoms with Crippen LogP contribution >= 0.6 is 11.5 Å². The lowest BCUT2D eigenvalue weighted by atomic mass is 10.1. The van der Waals surface area contributed by atoms with Crippen molar-refractivity contribution >= 4 is 17.4 Å². The van der Waals surface area contributed by atoms with Crippen molar-refractivity contribution in [1.82, 2.24) is 14.5 Å². The van der Waals surface area contributed by atoms with E-state index in [-0.39, 0.29) is 11.8 Å². The van der Waals surface area contributed by atoms with Crippen LogP contribution in [0, 0.1) is 5.92 Å². The Bertz CT molecular complexity index is 317. The van der Waals surface area contributed by atoms with Crippen LogP contribution < -0.4 is 0 Å². The molecule has 0 radical (unpaired) electrons. The fraction of sp³-hybridized carbons (Fsp3) is 0.625. The Balaban J connectivity index is 2.07. The molecule has 1 aliphatic heterocycles. The number of rotatable bonds is 1. The Morgan fingerprint density at radius 1 is 1.71 bits per heavy atom. The third-order valence-electron chi connectivity index (χ3n) is 2.43. The van der Waals surface area contributed by atoms with Gasteiger partial charge in [-0.3, -0.25) is 4.79 Å². The van der Waals surface area contributed by atoms with Crippen molar-refractivity contribution in [3.05, 3.63) is 11.1 Å². The van der Waals surface area contributed by atoms with Gasteiger partial charge in [0.15, 0.2) is 0 Å². The molecule has 1 N–H and O–H groups in total. The van der Waals surface area contributed by atoms with Crippen LogP contribution in [0.3, 0.4) is 0 Å². The van der Waals surface area contributed by atoms with Gasteiger partial charge < -0.3 is 10.0 Å². The summed E-state index contributed by atoms with van der Waals surface area (Å²) >= 11 is 1.09. The van der Waals surface area contributed by atoms with Gasteiger partial charge in [0, 0.05) is 19.0 Å². The summed E-state index contributed by atoms with van der Waals surface area (Å²) in [6.45, 7) is 2.96. The molecule has 1 aromatic rings. The van der Waals surface area contributed by atoms with Crippen molar-refractivity contribution in [2.24, 2.45) is 5.92 Å². The Kier molecular flexibility index (Phi) is 2.47. The third-order valence-corrected chi connectivity index (χ3v) is 3.08. The molecule has 2 rings (SSSR count). The van der Waals surface area contributed by atoms with E-state index in [4.69, 9.17) is 0 Å². The van der Waals surface area contributed by atoms with Crippen LogP contribution in [0.1, 0.15) is 16.6 Å². The molecule has 1 fully saturated rings. The van der Waals surface area contributed by atoms with Gasteiger partial charge in [-0.1, -0.05) is 11.4 Å². The van der Waals surface area contributed by atoms with Crippen LogP contribution in [-0.2, 0) is 0 Å². The van der Waals surface area contributed by atoms with Crippen molar-refractivity contribution in [1.29, 1.82) is 0 Å². The Hall–Kier alpha value is -1.01. The zero-order chi connectivity index (χ0) is 10.1. The molecule has 76 valence electrons. The van der Waals surface area contributed by atoms with Gasteiger partial charge in [-0.15, -0.1) is 5.10 Å². The van der Waals surface area contributed by atoms with Gasteiger partial charge >= 0.3 is 0 Å². The van der Waals surface area contributed by atoms with E-state index in [1.165, 1.54) is 6.20 Å². The minimum Gasteiger partial charge on any atom is -0.391 e. The van der Waals surface area contributed by atoms with Crippen molar-refractivity contribution in [2.75, 3.05) is 13.1 Å². The number of aliphatic hydroxyl groups is 1. The molecule has 0 spiro atoms. The van der Waals surface area contributed by atoms with E-state index in [2.05, 4.69) is 9.59 Å². The predicted molar refractivity (Wildman–Crippen MR) is 51.0 cm³/mol. The van der Waals surface area contributed by atoms with Crippen LogP contribution in [0.15, 0.2) is 6.20 Å². The summed E-state index contributed by atoms with van der Waals surface area (Å²) in [6.07, 6.45) is 1.06. The molecule has 0 bridgehead atoms. The maximum absolute atomic E-state index is 11.7.